The Kier molecular flexibility index (Phi) is 1.12. The highest BCUT2D eigenvalue weighted by molar-refractivity contribution is 5.73. The van der Waals surface area contributed by atoms with E-state index >= 15 is 0 Å². The van der Waals surface area contributed by atoms with E-state index in [1.165, 1.54) is 0 Å². The normalized spacial score (nSPS) is 31.6. The molecule has 1 N–H and O–H groups in total. The molecule has 0 heterocycles. The van der Waals surface area contributed by atoms with Crippen LogP contribution in [0.2, 0.25) is 0 Å². The van der Waals surface area contributed by atoms with E-state index in [0.717, 1.165) is 0 Å². The molecule has 0 spiro atoms. The molecule has 0 radical (unpaired) electrons. The third-order valence-electron chi connectivity index (χ3n) is 1.34. The van der Waals surface area contributed by atoms with Crippen LogP contribution in [0.1, 0.15) is 6.42 Å². The molecule has 9 heavy (non-hydrogen) atoms. The first-order valence-electron chi connectivity index (χ1n) is 2.49. The molecule has 0 aromatic carbocycles. The fraction of sp³-hybridized carbons (Fsp3) is 0.750. The number of carboxylic acid groups (broad SMARTS) is 1. The summed E-state index contributed by atoms with van der Waals surface area (Å²) in [6.07, 6.45) is 0.197. The maximum Gasteiger partial charge on any atom is 0.313 e. The lowest BCUT2D eigenvalue weighted by Gasteiger charge is -1.83. The number of rotatable bonds is 2. The summed E-state index contributed by atoms with van der Waals surface area (Å²) in [6, 6.07) is -0.817. The minimum Gasteiger partial charge on any atom is -0.481 e. The molecule has 0 saturated heterocycles. The molecular formula is C4H5NO4. The van der Waals surface area contributed by atoms with Gasteiger partial charge in [-0.15, -0.1) is 0 Å². The smallest absolute Gasteiger partial charge is 0.313 e. The molecule has 1 saturated carbocycles. The fourth-order valence-electron chi connectivity index (χ4n) is 0.680. The third kappa shape index (κ3) is 0.984. The van der Waals surface area contributed by atoms with Crippen LogP contribution in [0.3, 0.4) is 0 Å². The molecule has 0 aromatic rings. The predicted molar refractivity (Wildman–Crippen MR) is 26.5 cm³/mol. The molecule has 0 bridgehead atoms. The molecule has 1 aliphatic carbocycles. The zero-order valence-corrected chi connectivity index (χ0v) is 4.48. The van der Waals surface area contributed by atoms with Crippen LogP contribution in [0, 0.1) is 16.0 Å². The summed E-state index contributed by atoms with van der Waals surface area (Å²) in [5.41, 5.74) is 0. The van der Waals surface area contributed by atoms with Crippen LogP contribution < -0.4 is 0 Å². The summed E-state index contributed by atoms with van der Waals surface area (Å²) >= 11 is 0. The highest BCUT2D eigenvalue weighted by atomic mass is 16.6. The minimum absolute atomic E-state index is 0.197. The van der Waals surface area contributed by atoms with Crippen molar-refractivity contribution in [1.29, 1.82) is 0 Å². The Hall–Kier alpha value is -1.13. The van der Waals surface area contributed by atoms with Gasteiger partial charge in [-0.05, 0) is 0 Å². The maximum atomic E-state index is 9.97. The van der Waals surface area contributed by atoms with Gasteiger partial charge in [-0.3, -0.25) is 14.9 Å². The summed E-state index contributed by atoms with van der Waals surface area (Å²) in [4.78, 5) is 19.2. The first-order valence-corrected chi connectivity index (χ1v) is 2.49. The van der Waals surface area contributed by atoms with Crippen LogP contribution >= 0.6 is 0 Å². The molecule has 0 aliphatic heterocycles. The summed E-state index contributed by atoms with van der Waals surface area (Å²) in [7, 11) is 0. The van der Waals surface area contributed by atoms with Crippen molar-refractivity contribution in [3.05, 3.63) is 10.1 Å². The van der Waals surface area contributed by atoms with Gasteiger partial charge in [-0.25, -0.2) is 0 Å². The number of hydrogen-bond acceptors (Lipinski definition) is 3. The second kappa shape index (κ2) is 1.68. The first-order chi connectivity index (χ1) is 4.13. The second-order valence-corrected chi connectivity index (χ2v) is 2.03. The number of aliphatic carboxylic acids is 1. The van der Waals surface area contributed by atoms with E-state index in [2.05, 4.69) is 0 Å². The van der Waals surface area contributed by atoms with Crippen LogP contribution in [0.15, 0.2) is 0 Å². The number of carboxylic acids is 1. The molecule has 0 aromatic heterocycles. The number of nitrogens with zero attached hydrogens (tertiary/aromatic N) is 1. The topological polar surface area (TPSA) is 80.4 Å². The molecule has 50 valence electrons. The molecule has 2 atom stereocenters. The van der Waals surface area contributed by atoms with E-state index < -0.39 is 22.9 Å². The molecule has 0 unspecified atom stereocenters. The van der Waals surface area contributed by atoms with Crippen molar-refractivity contribution in [2.24, 2.45) is 5.92 Å². The molecule has 1 rings (SSSR count). The van der Waals surface area contributed by atoms with E-state index in [-0.39, 0.29) is 6.42 Å². The van der Waals surface area contributed by atoms with Crippen molar-refractivity contribution >= 4 is 5.97 Å². The van der Waals surface area contributed by atoms with E-state index in [0.29, 0.717) is 0 Å². The van der Waals surface area contributed by atoms with Crippen molar-refractivity contribution in [2.75, 3.05) is 0 Å². The van der Waals surface area contributed by atoms with Crippen molar-refractivity contribution in [3.8, 4) is 0 Å². The van der Waals surface area contributed by atoms with Crippen molar-refractivity contribution in [1.82, 2.24) is 0 Å². The monoisotopic (exact) mass is 131 g/mol. The standard InChI is InChI=1S/C4H5NO4/c6-4(7)2-1-3(2)5(8)9/h2-3H,1H2,(H,6,7)/t2-,3-/m0/s1. The lowest BCUT2D eigenvalue weighted by atomic mass is 10.4. The van der Waals surface area contributed by atoms with Crippen molar-refractivity contribution < 1.29 is 14.8 Å². The summed E-state index contributed by atoms with van der Waals surface area (Å²) < 4.78 is 0. The Morgan fingerprint density at radius 3 is 2.44 bits per heavy atom. The lowest BCUT2D eigenvalue weighted by Crippen LogP contribution is -2.09. The number of carbonyl (C=O) groups is 1. The van der Waals surface area contributed by atoms with Crippen LogP contribution in [-0.4, -0.2) is 22.0 Å². The Morgan fingerprint density at radius 1 is 1.78 bits per heavy atom. The SMILES string of the molecule is O=C(O)[C@H]1C[C@@H]1[N+](=O)[O-]. The van der Waals surface area contributed by atoms with E-state index in [1.807, 2.05) is 0 Å². The van der Waals surface area contributed by atoms with Gasteiger partial charge in [0.2, 0.25) is 6.04 Å². The molecule has 5 nitrogen and oxygen atoms in total. The van der Waals surface area contributed by atoms with Crippen molar-refractivity contribution in [3.63, 3.8) is 0 Å². The van der Waals surface area contributed by atoms with Gasteiger partial charge in [0.1, 0.15) is 5.92 Å². The van der Waals surface area contributed by atoms with Crippen LogP contribution in [0.25, 0.3) is 0 Å². The Morgan fingerprint density at radius 2 is 2.33 bits per heavy atom. The van der Waals surface area contributed by atoms with Crippen molar-refractivity contribution in [2.45, 2.75) is 12.5 Å². The largest absolute Gasteiger partial charge is 0.481 e. The predicted octanol–water partition coefficient (Wildman–Crippen LogP) is -0.264. The fourth-order valence-corrected chi connectivity index (χ4v) is 0.680. The number of nitro groups is 1. The molecule has 0 amide bonds. The first kappa shape index (κ1) is 6.00. The summed E-state index contributed by atoms with van der Waals surface area (Å²) in [6.45, 7) is 0. The zero-order chi connectivity index (χ0) is 7.02. The van der Waals surface area contributed by atoms with Gasteiger partial charge in [0.05, 0.1) is 0 Å². The lowest BCUT2D eigenvalue weighted by molar-refractivity contribution is -0.497. The van der Waals surface area contributed by atoms with Gasteiger partial charge >= 0.3 is 5.97 Å². The average Bonchev–Trinajstić information content (AvgIpc) is 2.39. The van der Waals surface area contributed by atoms with Gasteiger partial charge < -0.3 is 5.11 Å². The second-order valence-electron chi connectivity index (χ2n) is 2.03. The van der Waals surface area contributed by atoms with E-state index in [1.54, 1.807) is 0 Å². The highest BCUT2D eigenvalue weighted by Crippen LogP contribution is 2.32. The third-order valence-corrected chi connectivity index (χ3v) is 1.34. The van der Waals surface area contributed by atoms with Gasteiger partial charge in [-0.2, -0.15) is 0 Å². The minimum atomic E-state index is -1.06. The van der Waals surface area contributed by atoms with E-state index in [9.17, 15) is 14.9 Å². The highest BCUT2D eigenvalue weighted by Gasteiger charge is 2.53. The number of hydrogen-bond donors (Lipinski definition) is 1. The maximum absolute atomic E-state index is 9.97. The zero-order valence-electron chi connectivity index (χ0n) is 4.48. The van der Waals surface area contributed by atoms with Crippen LogP contribution in [0.4, 0.5) is 0 Å². The Bertz CT molecular complexity index is 148. The van der Waals surface area contributed by atoms with Gasteiger partial charge in [0.15, 0.2) is 0 Å². The molecule has 1 fully saturated rings. The average molecular weight is 131 g/mol. The van der Waals surface area contributed by atoms with Gasteiger partial charge in [-0.1, -0.05) is 0 Å². The summed E-state index contributed by atoms with van der Waals surface area (Å²) in [5.74, 6) is -1.78. The quantitative estimate of drug-likeness (QED) is 0.413. The van der Waals surface area contributed by atoms with Gasteiger partial charge in [0, 0.05) is 11.3 Å². The molecular weight excluding hydrogens is 126 g/mol. The van der Waals surface area contributed by atoms with Crippen LogP contribution in [-0.2, 0) is 4.79 Å². The summed E-state index contributed by atoms with van der Waals surface area (Å²) in [5, 5.41) is 18.0. The molecule has 5 heteroatoms. The van der Waals surface area contributed by atoms with Gasteiger partial charge in [0.25, 0.3) is 0 Å². The van der Waals surface area contributed by atoms with E-state index in [4.69, 9.17) is 5.11 Å². The Balaban J connectivity index is 2.42. The molecule has 1 aliphatic rings. The van der Waals surface area contributed by atoms with Crippen LogP contribution in [0.5, 0.6) is 0 Å². The Labute approximate surface area is 50.4 Å².